The van der Waals surface area contributed by atoms with E-state index in [2.05, 4.69) is 150 Å². The van der Waals surface area contributed by atoms with Crippen LogP contribution in [0.5, 0.6) is 0 Å². The summed E-state index contributed by atoms with van der Waals surface area (Å²) in [5.41, 5.74) is 7.60. The monoisotopic (exact) mass is 567 g/mol. The van der Waals surface area contributed by atoms with Gasteiger partial charge in [0.25, 0.3) is 0 Å². The molecule has 0 fully saturated rings. The Hall–Kier alpha value is -5.38. The average molecular weight is 568 g/mol. The van der Waals surface area contributed by atoms with E-state index in [0.717, 1.165) is 49.8 Å². The lowest BCUT2D eigenvalue weighted by molar-refractivity contribution is 0.672. The van der Waals surface area contributed by atoms with Crippen LogP contribution in [0.25, 0.3) is 64.0 Å². The van der Waals surface area contributed by atoms with E-state index in [0.29, 0.717) is 0 Å². The summed E-state index contributed by atoms with van der Waals surface area (Å²) in [5, 5.41) is 7.18. The lowest BCUT2D eigenvalue weighted by atomic mass is 10.0. The fraction of sp³-hybridized carbons (Fsp3) is 0. The van der Waals surface area contributed by atoms with Crippen molar-refractivity contribution in [2.24, 2.45) is 0 Å². The van der Waals surface area contributed by atoms with Crippen molar-refractivity contribution in [1.82, 2.24) is 0 Å². The summed E-state index contributed by atoms with van der Waals surface area (Å²) in [6.07, 6.45) is 0. The standard InChI is InChI=1S/C40H25NOS/c1-2-11-28(12-3-1)41(35-17-8-10-27-22-25-33-31-13-4-6-18-36(31)42-39(33)38(27)35)29-23-20-26(21-24-29)30-15-9-16-34-32-14-5-7-19-37(32)43-40(30)34/h1-25H. The summed E-state index contributed by atoms with van der Waals surface area (Å²) in [6, 6.07) is 54.1. The molecule has 0 N–H and O–H groups in total. The molecule has 0 atom stereocenters. The lowest BCUT2D eigenvalue weighted by Gasteiger charge is -2.27. The fourth-order valence-electron chi connectivity index (χ4n) is 6.49. The third-order valence-corrected chi connectivity index (χ3v) is 9.68. The topological polar surface area (TPSA) is 16.4 Å². The highest BCUT2D eigenvalue weighted by Gasteiger charge is 2.20. The van der Waals surface area contributed by atoms with E-state index >= 15 is 0 Å². The number of para-hydroxylation sites is 2. The summed E-state index contributed by atoms with van der Waals surface area (Å²) in [6.45, 7) is 0. The summed E-state index contributed by atoms with van der Waals surface area (Å²) in [7, 11) is 0. The molecule has 0 unspecified atom stereocenters. The summed E-state index contributed by atoms with van der Waals surface area (Å²) in [5.74, 6) is 0. The molecule has 9 aromatic rings. The number of thiophene rings is 1. The first kappa shape index (κ1) is 24.2. The molecule has 0 amide bonds. The molecule has 0 spiro atoms. The third kappa shape index (κ3) is 3.79. The second-order valence-corrected chi connectivity index (χ2v) is 12.0. The Labute approximate surface area is 252 Å². The van der Waals surface area contributed by atoms with Gasteiger partial charge in [-0.2, -0.15) is 0 Å². The predicted octanol–water partition coefficient (Wildman–Crippen LogP) is 12.2. The molecule has 0 aliphatic carbocycles. The van der Waals surface area contributed by atoms with E-state index in [-0.39, 0.29) is 0 Å². The molecule has 7 aromatic carbocycles. The minimum Gasteiger partial charge on any atom is -0.455 e. The molecule has 202 valence electrons. The zero-order valence-corrected chi connectivity index (χ0v) is 24.0. The number of benzene rings is 7. The van der Waals surface area contributed by atoms with Crippen LogP contribution in [-0.2, 0) is 0 Å². The molecule has 0 saturated carbocycles. The van der Waals surface area contributed by atoms with Gasteiger partial charge in [0.15, 0.2) is 0 Å². The molecule has 0 aliphatic rings. The Kier molecular flexibility index (Phi) is 5.40. The second-order valence-electron chi connectivity index (χ2n) is 10.9. The van der Waals surface area contributed by atoms with Gasteiger partial charge in [-0.15, -0.1) is 11.3 Å². The molecule has 9 rings (SSSR count). The Morgan fingerprint density at radius 2 is 1.21 bits per heavy atom. The molecule has 0 saturated heterocycles. The van der Waals surface area contributed by atoms with Crippen molar-refractivity contribution in [3.8, 4) is 11.1 Å². The van der Waals surface area contributed by atoms with E-state index in [1.807, 2.05) is 17.4 Å². The van der Waals surface area contributed by atoms with Crippen molar-refractivity contribution in [2.45, 2.75) is 0 Å². The van der Waals surface area contributed by atoms with Crippen molar-refractivity contribution < 1.29 is 4.42 Å². The Bertz CT molecular complexity index is 2450. The van der Waals surface area contributed by atoms with Crippen molar-refractivity contribution >= 4 is 81.3 Å². The number of fused-ring (bicyclic) bond motifs is 8. The molecule has 0 radical (unpaired) electrons. The minimum atomic E-state index is 0.908. The van der Waals surface area contributed by atoms with Gasteiger partial charge in [0.05, 0.1) is 5.69 Å². The van der Waals surface area contributed by atoms with Crippen molar-refractivity contribution in [1.29, 1.82) is 0 Å². The van der Waals surface area contributed by atoms with Gasteiger partial charge in [-0.1, -0.05) is 103 Å². The highest BCUT2D eigenvalue weighted by molar-refractivity contribution is 7.26. The van der Waals surface area contributed by atoms with Gasteiger partial charge >= 0.3 is 0 Å². The molecule has 0 bridgehead atoms. The zero-order valence-electron chi connectivity index (χ0n) is 23.2. The van der Waals surface area contributed by atoms with Crippen LogP contribution in [0.4, 0.5) is 17.1 Å². The van der Waals surface area contributed by atoms with Gasteiger partial charge in [0.1, 0.15) is 11.2 Å². The minimum absolute atomic E-state index is 0.908. The van der Waals surface area contributed by atoms with E-state index in [1.54, 1.807) is 0 Å². The van der Waals surface area contributed by atoms with Crippen LogP contribution in [0, 0.1) is 0 Å². The molecule has 2 nitrogen and oxygen atoms in total. The van der Waals surface area contributed by atoms with Crippen LogP contribution in [0.3, 0.4) is 0 Å². The Morgan fingerprint density at radius 3 is 2.09 bits per heavy atom. The van der Waals surface area contributed by atoms with Gasteiger partial charge in [-0.05, 0) is 65.0 Å². The van der Waals surface area contributed by atoms with Gasteiger partial charge in [0.2, 0.25) is 0 Å². The number of nitrogens with zero attached hydrogens (tertiary/aromatic N) is 1. The number of hydrogen-bond donors (Lipinski definition) is 0. The molecule has 2 heterocycles. The smallest absolute Gasteiger partial charge is 0.145 e. The Balaban J connectivity index is 1.24. The first-order valence-corrected chi connectivity index (χ1v) is 15.3. The summed E-state index contributed by atoms with van der Waals surface area (Å²) in [4.78, 5) is 2.35. The first-order chi connectivity index (χ1) is 21.3. The van der Waals surface area contributed by atoms with E-state index < -0.39 is 0 Å². The highest BCUT2D eigenvalue weighted by Crippen LogP contribution is 2.45. The normalized spacial score (nSPS) is 11.7. The van der Waals surface area contributed by atoms with Gasteiger partial charge in [-0.3, -0.25) is 0 Å². The lowest BCUT2D eigenvalue weighted by Crippen LogP contribution is -2.10. The van der Waals surface area contributed by atoms with Crippen molar-refractivity contribution in [2.75, 3.05) is 4.90 Å². The molecular formula is C40H25NOS. The maximum absolute atomic E-state index is 6.55. The first-order valence-electron chi connectivity index (χ1n) is 14.5. The zero-order chi connectivity index (χ0) is 28.3. The second kappa shape index (κ2) is 9.59. The molecule has 0 aliphatic heterocycles. The number of hydrogen-bond acceptors (Lipinski definition) is 3. The van der Waals surface area contributed by atoms with Gasteiger partial charge in [0, 0.05) is 47.7 Å². The van der Waals surface area contributed by atoms with Crippen LogP contribution >= 0.6 is 11.3 Å². The third-order valence-electron chi connectivity index (χ3n) is 8.46. The molecule has 43 heavy (non-hydrogen) atoms. The highest BCUT2D eigenvalue weighted by atomic mass is 32.1. The average Bonchev–Trinajstić information content (AvgIpc) is 3.64. The summed E-state index contributed by atoms with van der Waals surface area (Å²) >= 11 is 1.87. The van der Waals surface area contributed by atoms with E-state index in [4.69, 9.17) is 4.42 Å². The van der Waals surface area contributed by atoms with Crippen LogP contribution in [0.15, 0.2) is 156 Å². The Morgan fingerprint density at radius 1 is 0.488 bits per heavy atom. The van der Waals surface area contributed by atoms with E-state index in [9.17, 15) is 0 Å². The maximum Gasteiger partial charge on any atom is 0.145 e. The predicted molar refractivity (Wildman–Crippen MR) is 184 cm³/mol. The SMILES string of the molecule is c1ccc(N(c2ccc(-c3cccc4c3sc3ccccc34)cc2)c2cccc3ccc4c5ccccc5oc4c23)cc1. The quantitative estimate of drug-likeness (QED) is 0.210. The number of anilines is 3. The molecule has 2 aromatic heterocycles. The van der Waals surface area contributed by atoms with Gasteiger partial charge < -0.3 is 9.32 Å². The van der Waals surface area contributed by atoms with Crippen LogP contribution < -0.4 is 4.90 Å². The summed E-state index contributed by atoms with van der Waals surface area (Å²) < 4.78 is 9.20. The van der Waals surface area contributed by atoms with Crippen molar-refractivity contribution in [3.63, 3.8) is 0 Å². The van der Waals surface area contributed by atoms with Crippen LogP contribution in [0.1, 0.15) is 0 Å². The molecular weight excluding hydrogens is 543 g/mol. The molecule has 3 heteroatoms. The van der Waals surface area contributed by atoms with E-state index in [1.165, 1.54) is 31.3 Å². The number of furan rings is 1. The number of rotatable bonds is 4. The van der Waals surface area contributed by atoms with Crippen LogP contribution in [0.2, 0.25) is 0 Å². The van der Waals surface area contributed by atoms with Crippen molar-refractivity contribution in [3.05, 3.63) is 152 Å². The largest absolute Gasteiger partial charge is 0.455 e. The van der Waals surface area contributed by atoms with Gasteiger partial charge in [-0.25, -0.2) is 0 Å². The maximum atomic E-state index is 6.55. The fourth-order valence-corrected chi connectivity index (χ4v) is 7.73. The van der Waals surface area contributed by atoms with Crippen LogP contribution in [-0.4, -0.2) is 0 Å².